The number of nitrogens with one attached hydrogen (secondary N) is 1. The topological polar surface area (TPSA) is 82.6 Å². The first-order chi connectivity index (χ1) is 10.6. The molecule has 0 bridgehead atoms. The highest BCUT2D eigenvalue weighted by Gasteiger charge is 2.09. The monoisotopic (exact) mass is 299 g/mol. The van der Waals surface area contributed by atoms with Gasteiger partial charge in [0.15, 0.2) is 0 Å². The number of imidazole rings is 1. The Morgan fingerprint density at radius 2 is 2.05 bits per heavy atom. The number of rotatable bonds is 5. The summed E-state index contributed by atoms with van der Waals surface area (Å²) in [5, 5.41) is 14.6. The highest BCUT2D eigenvalue weighted by Crippen LogP contribution is 2.15. The Kier molecular flexibility index (Phi) is 3.50. The predicted molar refractivity (Wildman–Crippen MR) is 83.5 cm³/mol. The molecule has 1 aromatic carbocycles. The zero-order valence-corrected chi connectivity index (χ0v) is 12.5. The molecule has 0 amide bonds. The van der Waals surface area contributed by atoms with E-state index in [1.165, 1.54) is 0 Å². The lowest BCUT2D eigenvalue weighted by atomic mass is 10.2. The normalized spacial score (nSPS) is 11.0. The number of aryl methyl sites for hydroxylation is 2. The molecule has 114 valence electrons. The Morgan fingerprint density at radius 1 is 1.27 bits per heavy atom. The summed E-state index contributed by atoms with van der Waals surface area (Å²) < 4.78 is 4.90. The summed E-state index contributed by atoms with van der Waals surface area (Å²) in [4.78, 5) is 11.9. The zero-order chi connectivity index (χ0) is 15.7. The summed E-state index contributed by atoms with van der Waals surface area (Å²) >= 11 is 0. The van der Waals surface area contributed by atoms with Gasteiger partial charge in [-0.15, -0.1) is 6.58 Å². The Morgan fingerprint density at radius 3 is 2.82 bits per heavy atom. The van der Waals surface area contributed by atoms with E-state index < -0.39 is 0 Å². The van der Waals surface area contributed by atoms with Gasteiger partial charge in [-0.05, 0) is 28.1 Å². The molecule has 0 aliphatic carbocycles. The zero-order valence-electron chi connectivity index (χ0n) is 12.5. The van der Waals surface area contributed by atoms with Crippen molar-refractivity contribution in [3.05, 3.63) is 46.9 Å². The summed E-state index contributed by atoms with van der Waals surface area (Å²) in [5.74, 6) is 0.585. The fourth-order valence-electron chi connectivity index (χ4n) is 2.42. The predicted octanol–water partition coefficient (Wildman–Crippen LogP) is 0.662. The van der Waals surface area contributed by atoms with Crippen molar-refractivity contribution in [2.45, 2.75) is 13.1 Å². The number of aromatic nitrogens is 6. The molecular weight excluding hydrogens is 282 g/mol. The van der Waals surface area contributed by atoms with Crippen LogP contribution in [0, 0.1) is 0 Å². The van der Waals surface area contributed by atoms with Crippen molar-refractivity contribution < 1.29 is 0 Å². The molecule has 0 fully saturated rings. The van der Waals surface area contributed by atoms with Gasteiger partial charge in [0.25, 0.3) is 0 Å². The molecule has 0 saturated carbocycles. The van der Waals surface area contributed by atoms with Crippen molar-refractivity contribution in [2.24, 2.45) is 14.1 Å². The third-order valence-corrected chi connectivity index (χ3v) is 3.62. The van der Waals surface area contributed by atoms with Crippen molar-refractivity contribution in [1.82, 2.24) is 29.3 Å². The van der Waals surface area contributed by atoms with Gasteiger partial charge in [-0.2, -0.15) is 0 Å². The van der Waals surface area contributed by atoms with E-state index in [0.717, 1.165) is 16.6 Å². The van der Waals surface area contributed by atoms with E-state index in [0.29, 0.717) is 19.0 Å². The lowest BCUT2D eigenvalue weighted by molar-refractivity contribution is 0.663. The molecule has 0 atom stereocenters. The van der Waals surface area contributed by atoms with Crippen molar-refractivity contribution in [2.75, 3.05) is 5.32 Å². The molecule has 0 unspecified atom stereocenters. The maximum Gasteiger partial charge on any atom is 0.328 e. The second-order valence-corrected chi connectivity index (χ2v) is 5.05. The van der Waals surface area contributed by atoms with Gasteiger partial charge in [0.05, 0.1) is 17.6 Å². The number of anilines is 1. The van der Waals surface area contributed by atoms with Crippen LogP contribution in [-0.2, 0) is 27.2 Å². The number of allylic oxidation sites excluding steroid dienone is 1. The smallest absolute Gasteiger partial charge is 0.328 e. The van der Waals surface area contributed by atoms with Crippen LogP contribution >= 0.6 is 0 Å². The van der Waals surface area contributed by atoms with Crippen LogP contribution in [0.2, 0.25) is 0 Å². The van der Waals surface area contributed by atoms with Crippen LogP contribution in [0.3, 0.4) is 0 Å². The lowest BCUT2D eigenvalue weighted by Gasteiger charge is -2.06. The number of nitrogens with zero attached hydrogens (tertiary/aromatic N) is 6. The first-order valence-corrected chi connectivity index (χ1v) is 6.87. The molecule has 0 spiro atoms. The summed E-state index contributed by atoms with van der Waals surface area (Å²) in [6, 6.07) is 5.92. The van der Waals surface area contributed by atoms with Gasteiger partial charge in [-0.1, -0.05) is 17.2 Å². The third-order valence-electron chi connectivity index (χ3n) is 3.62. The van der Waals surface area contributed by atoms with Gasteiger partial charge in [0.2, 0.25) is 5.95 Å². The van der Waals surface area contributed by atoms with Crippen molar-refractivity contribution in [3.8, 4) is 0 Å². The average molecular weight is 299 g/mol. The summed E-state index contributed by atoms with van der Waals surface area (Å²) in [5.41, 5.74) is 2.82. The van der Waals surface area contributed by atoms with Gasteiger partial charge in [0.1, 0.15) is 0 Å². The molecule has 0 aliphatic heterocycles. The Labute approximate surface area is 126 Å². The quantitative estimate of drug-likeness (QED) is 0.700. The molecule has 22 heavy (non-hydrogen) atoms. The van der Waals surface area contributed by atoms with E-state index in [1.807, 2.05) is 18.2 Å². The summed E-state index contributed by atoms with van der Waals surface area (Å²) in [6.45, 7) is 4.78. The van der Waals surface area contributed by atoms with E-state index in [9.17, 15) is 4.79 Å². The Bertz CT molecular complexity index is 886. The number of fused-ring (bicyclic) bond motifs is 1. The molecule has 0 saturated heterocycles. The van der Waals surface area contributed by atoms with Crippen LogP contribution in [0.25, 0.3) is 11.0 Å². The molecule has 0 radical (unpaired) electrons. The van der Waals surface area contributed by atoms with Crippen LogP contribution in [0.5, 0.6) is 0 Å². The van der Waals surface area contributed by atoms with Gasteiger partial charge in [-0.3, -0.25) is 9.13 Å². The Balaban J connectivity index is 1.85. The number of benzene rings is 1. The second kappa shape index (κ2) is 5.47. The molecule has 2 aromatic heterocycles. The van der Waals surface area contributed by atoms with E-state index >= 15 is 0 Å². The molecule has 0 aliphatic rings. The largest absolute Gasteiger partial charge is 0.349 e. The summed E-state index contributed by atoms with van der Waals surface area (Å²) in [6.07, 6.45) is 1.73. The Hall–Kier alpha value is -2.90. The second-order valence-electron chi connectivity index (χ2n) is 5.05. The number of hydrogen-bond acceptors (Lipinski definition) is 5. The standard InChI is InChI=1S/C14H17N7O/c1-4-7-21-13(16-17-18-21)15-9-10-5-6-11-12(8-10)20(3)14(22)19(11)2/h4-6,8H,1,7,9H2,2-3H3,(H,15,16,18). The SMILES string of the molecule is C=CCn1nnnc1NCc1ccc2c(c1)n(C)c(=O)n2C. The fourth-order valence-corrected chi connectivity index (χ4v) is 2.42. The van der Waals surface area contributed by atoms with E-state index in [1.54, 1.807) is 34.0 Å². The fraction of sp³-hybridized carbons (Fsp3) is 0.286. The highest BCUT2D eigenvalue weighted by molar-refractivity contribution is 5.76. The van der Waals surface area contributed by atoms with E-state index in [4.69, 9.17) is 0 Å². The molecule has 8 heteroatoms. The van der Waals surface area contributed by atoms with Gasteiger partial charge < -0.3 is 5.32 Å². The van der Waals surface area contributed by atoms with Crippen LogP contribution < -0.4 is 11.0 Å². The van der Waals surface area contributed by atoms with Crippen molar-refractivity contribution in [3.63, 3.8) is 0 Å². The first-order valence-electron chi connectivity index (χ1n) is 6.87. The third kappa shape index (κ3) is 2.28. The lowest BCUT2D eigenvalue weighted by Crippen LogP contribution is -2.19. The van der Waals surface area contributed by atoms with Gasteiger partial charge in [-0.25, -0.2) is 9.48 Å². The minimum atomic E-state index is -0.0324. The van der Waals surface area contributed by atoms with Crippen LogP contribution in [0.15, 0.2) is 35.6 Å². The molecular formula is C14H17N7O. The highest BCUT2D eigenvalue weighted by atomic mass is 16.1. The van der Waals surface area contributed by atoms with Crippen LogP contribution in [0.1, 0.15) is 5.56 Å². The molecule has 8 nitrogen and oxygen atoms in total. The van der Waals surface area contributed by atoms with Crippen molar-refractivity contribution in [1.29, 1.82) is 0 Å². The summed E-state index contributed by atoms with van der Waals surface area (Å²) in [7, 11) is 3.54. The first kappa shape index (κ1) is 14.1. The minimum absolute atomic E-state index is 0.0324. The van der Waals surface area contributed by atoms with E-state index in [2.05, 4.69) is 27.4 Å². The van der Waals surface area contributed by atoms with Gasteiger partial charge in [0, 0.05) is 20.6 Å². The molecule has 3 aromatic rings. The maximum atomic E-state index is 11.9. The molecule has 1 N–H and O–H groups in total. The van der Waals surface area contributed by atoms with E-state index in [-0.39, 0.29) is 5.69 Å². The molecule has 2 heterocycles. The van der Waals surface area contributed by atoms with Crippen molar-refractivity contribution >= 4 is 17.0 Å². The molecule has 3 rings (SSSR count). The average Bonchev–Trinajstić information content (AvgIpc) is 3.05. The van der Waals surface area contributed by atoms with Crippen LogP contribution in [-0.4, -0.2) is 29.3 Å². The minimum Gasteiger partial charge on any atom is -0.349 e. The number of tetrazole rings is 1. The number of hydrogen-bond donors (Lipinski definition) is 1. The maximum absolute atomic E-state index is 11.9. The van der Waals surface area contributed by atoms with Crippen LogP contribution in [0.4, 0.5) is 5.95 Å². The van der Waals surface area contributed by atoms with Gasteiger partial charge >= 0.3 is 5.69 Å².